The zero-order valence-corrected chi connectivity index (χ0v) is 13.5. The van der Waals surface area contributed by atoms with E-state index in [0.29, 0.717) is 12.5 Å². The van der Waals surface area contributed by atoms with E-state index in [0.717, 1.165) is 23.5 Å². The Morgan fingerprint density at radius 1 is 1.00 bits per heavy atom. The van der Waals surface area contributed by atoms with E-state index < -0.39 is 0 Å². The molecule has 0 aliphatic rings. The fourth-order valence-electron chi connectivity index (χ4n) is 2.73. The SMILES string of the molecule is CC(C)c1c(CN)nnn1-c1ccc(Cc2ccncc2)cc1. The Morgan fingerprint density at radius 3 is 2.26 bits per heavy atom. The summed E-state index contributed by atoms with van der Waals surface area (Å²) in [6.45, 7) is 4.67. The van der Waals surface area contributed by atoms with Crippen LogP contribution in [0.4, 0.5) is 0 Å². The van der Waals surface area contributed by atoms with Crippen LogP contribution in [0.5, 0.6) is 0 Å². The number of hydrogen-bond acceptors (Lipinski definition) is 4. The molecular formula is C18H21N5. The van der Waals surface area contributed by atoms with Crippen LogP contribution in [-0.2, 0) is 13.0 Å². The van der Waals surface area contributed by atoms with Crippen molar-refractivity contribution >= 4 is 0 Å². The van der Waals surface area contributed by atoms with E-state index in [4.69, 9.17) is 5.73 Å². The second kappa shape index (κ2) is 6.71. The normalized spacial score (nSPS) is 11.1. The molecule has 0 unspecified atom stereocenters. The highest BCUT2D eigenvalue weighted by Crippen LogP contribution is 2.21. The fourth-order valence-corrected chi connectivity index (χ4v) is 2.73. The summed E-state index contributed by atoms with van der Waals surface area (Å²) in [5.41, 5.74) is 11.2. The van der Waals surface area contributed by atoms with E-state index in [1.807, 2.05) is 29.2 Å². The summed E-state index contributed by atoms with van der Waals surface area (Å²) in [5, 5.41) is 8.47. The van der Waals surface area contributed by atoms with Crippen LogP contribution in [0.15, 0.2) is 48.8 Å². The predicted octanol–water partition coefficient (Wildman–Crippen LogP) is 2.84. The third-order valence-electron chi connectivity index (χ3n) is 3.86. The Bertz CT molecular complexity index is 760. The van der Waals surface area contributed by atoms with Crippen LogP contribution in [0, 0.1) is 0 Å². The van der Waals surface area contributed by atoms with Gasteiger partial charge in [0.2, 0.25) is 0 Å². The maximum Gasteiger partial charge on any atom is 0.100 e. The summed E-state index contributed by atoms with van der Waals surface area (Å²) in [4.78, 5) is 4.05. The maximum absolute atomic E-state index is 5.77. The standard InChI is InChI=1S/C18H21N5/c1-13(2)18-17(12-19)21-22-23(18)16-5-3-14(4-6-16)11-15-7-9-20-10-8-15/h3-10,13H,11-12,19H2,1-2H3. The lowest BCUT2D eigenvalue weighted by atomic mass is 10.1. The molecule has 0 radical (unpaired) electrons. The van der Waals surface area contributed by atoms with Crippen molar-refractivity contribution in [2.24, 2.45) is 5.73 Å². The van der Waals surface area contributed by atoms with Gasteiger partial charge in [0.1, 0.15) is 5.69 Å². The van der Waals surface area contributed by atoms with Gasteiger partial charge >= 0.3 is 0 Å². The first-order valence-electron chi connectivity index (χ1n) is 7.81. The van der Waals surface area contributed by atoms with E-state index in [1.54, 1.807) is 0 Å². The van der Waals surface area contributed by atoms with Crippen LogP contribution < -0.4 is 5.73 Å². The minimum Gasteiger partial charge on any atom is -0.325 e. The van der Waals surface area contributed by atoms with Gasteiger partial charge in [-0.2, -0.15) is 0 Å². The molecule has 0 aliphatic heterocycles. The van der Waals surface area contributed by atoms with Crippen LogP contribution in [0.25, 0.3) is 5.69 Å². The second-order valence-corrected chi connectivity index (χ2v) is 5.89. The molecule has 0 bridgehead atoms. The first-order valence-corrected chi connectivity index (χ1v) is 7.81. The summed E-state index contributed by atoms with van der Waals surface area (Å²) in [6.07, 6.45) is 4.54. The molecule has 5 nitrogen and oxygen atoms in total. The summed E-state index contributed by atoms with van der Waals surface area (Å²) >= 11 is 0. The molecule has 0 fully saturated rings. The fraction of sp³-hybridized carbons (Fsp3) is 0.278. The molecule has 1 aromatic carbocycles. The lowest BCUT2D eigenvalue weighted by molar-refractivity contribution is 0.713. The van der Waals surface area contributed by atoms with Crippen molar-refractivity contribution in [3.05, 3.63) is 71.3 Å². The number of aromatic nitrogens is 4. The predicted molar refractivity (Wildman–Crippen MR) is 90.4 cm³/mol. The lowest BCUT2D eigenvalue weighted by Crippen LogP contribution is -2.07. The Labute approximate surface area is 136 Å². The maximum atomic E-state index is 5.77. The number of nitrogens with zero attached hydrogens (tertiary/aromatic N) is 4. The number of pyridine rings is 1. The van der Waals surface area contributed by atoms with E-state index in [2.05, 4.69) is 53.4 Å². The highest BCUT2D eigenvalue weighted by atomic mass is 15.4. The monoisotopic (exact) mass is 307 g/mol. The first kappa shape index (κ1) is 15.4. The molecule has 118 valence electrons. The largest absolute Gasteiger partial charge is 0.325 e. The van der Waals surface area contributed by atoms with Crippen molar-refractivity contribution < 1.29 is 0 Å². The third kappa shape index (κ3) is 3.29. The Balaban J connectivity index is 1.87. The Morgan fingerprint density at radius 2 is 1.65 bits per heavy atom. The molecule has 0 amide bonds. The zero-order valence-electron chi connectivity index (χ0n) is 13.5. The van der Waals surface area contributed by atoms with Crippen molar-refractivity contribution in [3.63, 3.8) is 0 Å². The van der Waals surface area contributed by atoms with E-state index in [1.165, 1.54) is 11.1 Å². The summed E-state index contributed by atoms with van der Waals surface area (Å²) < 4.78 is 1.89. The highest BCUT2D eigenvalue weighted by molar-refractivity contribution is 5.38. The molecule has 23 heavy (non-hydrogen) atoms. The molecule has 0 saturated carbocycles. The molecule has 0 spiro atoms. The van der Waals surface area contributed by atoms with Gasteiger partial charge in [-0.1, -0.05) is 31.2 Å². The van der Waals surface area contributed by atoms with Crippen LogP contribution in [0.3, 0.4) is 0 Å². The van der Waals surface area contributed by atoms with Crippen molar-refractivity contribution in [2.75, 3.05) is 0 Å². The summed E-state index contributed by atoms with van der Waals surface area (Å²) in [5.74, 6) is 0.319. The number of nitrogens with two attached hydrogens (primary N) is 1. The Kier molecular flexibility index (Phi) is 4.48. The molecule has 0 saturated heterocycles. The number of hydrogen-bond donors (Lipinski definition) is 1. The van der Waals surface area contributed by atoms with Crippen molar-refractivity contribution in [1.82, 2.24) is 20.0 Å². The minimum absolute atomic E-state index is 0.319. The van der Waals surface area contributed by atoms with Crippen LogP contribution in [0.2, 0.25) is 0 Å². The molecule has 2 N–H and O–H groups in total. The van der Waals surface area contributed by atoms with Crippen LogP contribution in [-0.4, -0.2) is 20.0 Å². The van der Waals surface area contributed by atoms with Gasteiger partial charge in [-0.05, 0) is 47.7 Å². The smallest absolute Gasteiger partial charge is 0.100 e. The molecule has 0 aliphatic carbocycles. The molecule has 2 aromatic heterocycles. The first-order chi connectivity index (χ1) is 11.2. The molecule has 2 heterocycles. The quantitative estimate of drug-likeness (QED) is 0.787. The van der Waals surface area contributed by atoms with Gasteiger partial charge in [0.15, 0.2) is 0 Å². The Hall–Kier alpha value is -2.53. The third-order valence-corrected chi connectivity index (χ3v) is 3.86. The van der Waals surface area contributed by atoms with Crippen molar-refractivity contribution in [3.8, 4) is 5.69 Å². The van der Waals surface area contributed by atoms with Gasteiger partial charge in [-0.15, -0.1) is 5.10 Å². The van der Waals surface area contributed by atoms with E-state index in [-0.39, 0.29) is 0 Å². The average Bonchev–Trinajstić information content (AvgIpc) is 3.01. The van der Waals surface area contributed by atoms with Crippen LogP contribution in [0.1, 0.15) is 42.3 Å². The summed E-state index contributed by atoms with van der Waals surface area (Å²) in [6, 6.07) is 12.5. The topological polar surface area (TPSA) is 69.6 Å². The number of benzene rings is 1. The van der Waals surface area contributed by atoms with Gasteiger partial charge in [-0.25, -0.2) is 4.68 Å². The highest BCUT2D eigenvalue weighted by Gasteiger charge is 2.16. The van der Waals surface area contributed by atoms with Crippen molar-refractivity contribution in [2.45, 2.75) is 32.7 Å². The molecule has 0 atom stereocenters. The van der Waals surface area contributed by atoms with Crippen molar-refractivity contribution in [1.29, 1.82) is 0 Å². The molecule has 3 aromatic rings. The lowest BCUT2D eigenvalue weighted by Gasteiger charge is -2.11. The molecule has 3 rings (SSSR count). The second-order valence-electron chi connectivity index (χ2n) is 5.89. The van der Waals surface area contributed by atoms with Gasteiger partial charge < -0.3 is 5.73 Å². The van der Waals surface area contributed by atoms with Gasteiger partial charge in [0.25, 0.3) is 0 Å². The number of rotatable bonds is 5. The van der Waals surface area contributed by atoms with Crippen LogP contribution >= 0.6 is 0 Å². The van der Waals surface area contributed by atoms with E-state index >= 15 is 0 Å². The molecule has 5 heteroatoms. The van der Waals surface area contributed by atoms with Gasteiger partial charge in [0, 0.05) is 18.9 Å². The minimum atomic E-state index is 0.319. The van der Waals surface area contributed by atoms with Gasteiger partial charge in [-0.3, -0.25) is 4.98 Å². The molecular weight excluding hydrogens is 286 g/mol. The van der Waals surface area contributed by atoms with Gasteiger partial charge in [0.05, 0.1) is 11.4 Å². The van der Waals surface area contributed by atoms with E-state index in [9.17, 15) is 0 Å². The zero-order chi connectivity index (χ0) is 16.2. The average molecular weight is 307 g/mol. The summed E-state index contributed by atoms with van der Waals surface area (Å²) in [7, 11) is 0.